The molecule has 17 heavy (non-hydrogen) atoms. The van der Waals surface area contributed by atoms with Gasteiger partial charge < -0.3 is 10.5 Å². The van der Waals surface area contributed by atoms with Crippen molar-refractivity contribution in [3.63, 3.8) is 0 Å². The largest absolute Gasteiger partial charge is 0.451 e. The highest BCUT2D eigenvalue weighted by Gasteiger charge is 2.11. The molecule has 0 saturated carbocycles. The Morgan fingerprint density at radius 2 is 1.82 bits per heavy atom. The summed E-state index contributed by atoms with van der Waals surface area (Å²) in [4.78, 5) is 0. The van der Waals surface area contributed by atoms with Crippen molar-refractivity contribution in [2.24, 2.45) is 0 Å². The summed E-state index contributed by atoms with van der Waals surface area (Å²) in [6, 6.07) is 8.12. The van der Waals surface area contributed by atoms with Crippen LogP contribution in [0.1, 0.15) is 0 Å². The summed E-state index contributed by atoms with van der Waals surface area (Å²) in [5, 5.41) is -0.0849. The first-order chi connectivity index (χ1) is 8.08. The molecule has 5 heteroatoms. The summed E-state index contributed by atoms with van der Waals surface area (Å²) in [5.41, 5.74) is 5.65. The second-order valence-corrected chi connectivity index (χ2v) is 3.75. The first kappa shape index (κ1) is 11.7. The number of nitrogens with two attached hydrogens (primary N) is 1. The lowest BCUT2D eigenvalue weighted by Gasteiger charge is -2.08. The summed E-state index contributed by atoms with van der Waals surface area (Å²) in [7, 11) is 0. The molecule has 0 aliphatic heterocycles. The second-order valence-electron chi connectivity index (χ2n) is 3.34. The van der Waals surface area contributed by atoms with E-state index < -0.39 is 11.6 Å². The number of rotatable bonds is 2. The van der Waals surface area contributed by atoms with Gasteiger partial charge in [0.25, 0.3) is 0 Å². The lowest BCUT2D eigenvalue weighted by Crippen LogP contribution is -1.93. The molecule has 0 heterocycles. The third kappa shape index (κ3) is 2.47. The van der Waals surface area contributed by atoms with Crippen LogP contribution < -0.4 is 10.5 Å². The molecule has 0 atom stereocenters. The van der Waals surface area contributed by atoms with Crippen LogP contribution in [0, 0.1) is 11.6 Å². The zero-order chi connectivity index (χ0) is 12.4. The van der Waals surface area contributed by atoms with Gasteiger partial charge in [-0.25, -0.2) is 8.78 Å². The number of hydrogen-bond acceptors (Lipinski definition) is 2. The van der Waals surface area contributed by atoms with Crippen LogP contribution in [0.25, 0.3) is 0 Å². The Kier molecular flexibility index (Phi) is 3.15. The number of nitrogen functional groups attached to an aromatic ring is 1. The third-order valence-electron chi connectivity index (χ3n) is 2.09. The Balaban J connectivity index is 2.35. The normalized spacial score (nSPS) is 10.3. The average molecular weight is 256 g/mol. The van der Waals surface area contributed by atoms with Gasteiger partial charge in [0.05, 0.1) is 5.02 Å². The van der Waals surface area contributed by atoms with E-state index in [4.69, 9.17) is 22.1 Å². The van der Waals surface area contributed by atoms with Gasteiger partial charge >= 0.3 is 0 Å². The summed E-state index contributed by atoms with van der Waals surface area (Å²) >= 11 is 5.58. The summed E-state index contributed by atoms with van der Waals surface area (Å²) in [5.74, 6) is -1.64. The van der Waals surface area contributed by atoms with Crippen molar-refractivity contribution in [1.29, 1.82) is 0 Å². The van der Waals surface area contributed by atoms with E-state index in [1.54, 1.807) is 0 Å². The summed E-state index contributed by atoms with van der Waals surface area (Å²) < 4.78 is 32.0. The minimum atomic E-state index is -0.731. The zero-order valence-electron chi connectivity index (χ0n) is 8.58. The van der Waals surface area contributed by atoms with Gasteiger partial charge in [-0.1, -0.05) is 17.7 Å². The SMILES string of the molecule is Nc1ccc(Oc2cccc(Cl)c2F)c(F)c1. The van der Waals surface area contributed by atoms with E-state index >= 15 is 0 Å². The molecule has 0 unspecified atom stereocenters. The average Bonchev–Trinajstić information content (AvgIpc) is 2.28. The van der Waals surface area contributed by atoms with Crippen LogP contribution in [0.4, 0.5) is 14.5 Å². The van der Waals surface area contributed by atoms with Crippen LogP contribution in [-0.4, -0.2) is 0 Å². The zero-order valence-corrected chi connectivity index (χ0v) is 9.34. The molecule has 88 valence electrons. The Morgan fingerprint density at radius 1 is 1.06 bits per heavy atom. The van der Waals surface area contributed by atoms with Crippen molar-refractivity contribution in [3.8, 4) is 11.5 Å². The molecule has 0 saturated heterocycles. The number of halogens is 3. The number of anilines is 1. The van der Waals surface area contributed by atoms with E-state index in [1.165, 1.54) is 30.3 Å². The highest BCUT2D eigenvalue weighted by atomic mass is 35.5. The molecule has 0 aromatic heterocycles. The smallest absolute Gasteiger partial charge is 0.184 e. The molecular weight excluding hydrogens is 248 g/mol. The van der Waals surface area contributed by atoms with E-state index in [0.717, 1.165) is 6.07 Å². The lowest BCUT2D eigenvalue weighted by molar-refractivity contribution is 0.415. The van der Waals surface area contributed by atoms with Crippen molar-refractivity contribution in [3.05, 3.63) is 53.1 Å². The Bertz CT molecular complexity index is 560. The van der Waals surface area contributed by atoms with Crippen LogP contribution >= 0.6 is 11.6 Å². The van der Waals surface area contributed by atoms with Crippen LogP contribution in [0.15, 0.2) is 36.4 Å². The molecule has 2 rings (SSSR count). The van der Waals surface area contributed by atoms with E-state index in [1.807, 2.05) is 0 Å². The van der Waals surface area contributed by atoms with Crippen molar-refractivity contribution >= 4 is 17.3 Å². The minimum absolute atomic E-state index is 0.0849. The van der Waals surface area contributed by atoms with Gasteiger partial charge in [0.1, 0.15) is 0 Å². The van der Waals surface area contributed by atoms with E-state index in [9.17, 15) is 8.78 Å². The molecular formula is C12H8ClF2NO. The molecule has 0 fully saturated rings. The standard InChI is InChI=1S/C12H8ClF2NO/c13-8-2-1-3-11(12(8)15)17-10-5-4-7(16)6-9(10)14/h1-6H,16H2. The fourth-order valence-corrected chi connectivity index (χ4v) is 1.45. The molecule has 0 aliphatic rings. The molecule has 2 N–H and O–H groups in total. The fourth-order valence-electron chi connectivity index (χ4n) is 1.28. The molecule has 0 spiro atoms. The highest BCUT2D eigenvalue weighted by molar-refractivity contribution is 6.30. The van der Waals surface area contributed by atoms with Crippen LogP contribution in [0.3, 0.4) is 0 Å². The predicted octanol–water partition coefficient (Wildman–Crippen LogP) is 3.99. The van der Waals surface area contributed by atoms with E-state index in [0.29, 0.717) is 0 Å². The molecule has 0 amide bonds. The van der Waals surface area contributed by atoms with E-state index in [-0.39, 0.29) is 22.2 Å². The van der Waals surface area contributed by atoms with Gasteiger partial charge in [0, 0.05) is 11.8 Å². The monoisotopic (exact) mass is 255 g/mol. The Hall–Kier alpha value is -1.81. The molecule has 0 bridgehead atoms. The van der Waals surface area contributed by atoms with Crippen molar-refractivity contribution in [2.45, 2.75) is 0 Å². The first-order valence-corrected chi connectivity index (χ1v) is 5.12. The number of benzene rings is 2. The number of ether oxygens (including phenoxy) is 1. The summed E-state index contributed by atoms with van der Waals surface area (Å²) in [6.07, 6.45) is 0. The lowest BCUT2D eigenvalue weighted by atomic mass is 10.3. The van der Waals surface area contributed by atoms with Crippen LogP contribution in [0.2, 0.25) is 5.02 Å². The maximum absolute atomic E-state index is 13.5. The van der Waals surface area contributed by atoms with Crippen LogP contribution in [-0.2, 0) is 0 Å². The molecule has 2 nitrogen and oxygen atoms in total. The fraction of sp³-hybridized carbons (Fsp3) is 0. The van der Waals surface area contributed by atoms with Gasteiger partial charge in [-0.3, -0.25) is 0 Å². The highest BCUT2D eigenvalue weighted by Crippen LogP contribution is 2.30. The van der Waals surface area contributed by atoms with Crippen LogP contribution in [0.5, 0.6) is 11.5 Å². The second kappa shape index (κ2) is 4.59. The van der Waals surface area contributed by atoms with Crippen molar-refractivity contribution < 1.29 is 13.5 Å². The van der Waals surface area contributed by atoms with Gasteiger partial charge in [-0.15, -0.1) is 0 Å². The topological polar surface area (TPSA) is 35.2 Å². The molecule has 0 radical (unpaired) electrons. The predicted molar refractivity (Wildman–Crippen MR) is 62.3 cm³/mol. The van der Waals surface area contributed by atoms with Gasteiger partial charge in [-0.2, -0.15) is 0 Å². The molecule has 2 aromatic rings. The van der Waals surface area contributed by atoms with Gasteiger partial charge in [0.15, 0.2) is 23.1 Å². The van der Waals surface area contributed by atoms with Crippen molar-refractivity contribution in [2.75, 3.05) is 5.73 Å². The maximum Gasteiger partial charge on any atom is 0.184 e. The summed E-state index contributed by atoms with van der Waals surface area (Å²) in [6.45, 7) is 0. The maximum atomic E-state index is 13.5. The Morgan fingerprint density at radius 3 is 2.53 bits per heavy atom. The number of hydrogen-bond donors (Lipinski definition) is 1. The third-order valence-corrected chi connectivity index (χ3v) is 2.38. The van der Waals surface area contributed by atoms with Crippen molar-refractivity contribution in [1.82, 2.24) is 0 Å². The quantitative estimate of drug-likeness (QED) is 0.824. The van der Waals surface area contributed by atoms with E-state index in [2.05, 4.69) is 0 Å². The molecule has 2 aromatic carbocycles. The molecule has 0 aliphatic carbocycles. The first-order valence-electron chi connectivity index (χ1n) is 4.75. The Labute approximate surface area is 102 Å². The minimum Gasteiger partial charge on any atom is -0.451 e. The van der Waals surface area contributed by atoms with Gasteiger partial charge in [-0.05, 0) is 24.3 Å². The van der Waals surface area contributed by atoms with Gasteiger partial charge in [0.2, 0.25) is 0 Å².